The molecule has 1 rings (SSSR count). The lowest BCUT2D eigenvalue weighted by Gasteiger charge is -2.18. The molecule has 4 N–H and O–H groups in total. The Hall–Kier alpha value is -1.00. The van der Waals surface area contributed by atoms with Crippen LogP contribution in [0.4, 0.5) is 0 Å². The van der Waals surface area contributed by atoms with Gasteiger partial charge in [0, 0.05) is 18.8 Å². The maximum atomic E-state index is 11.7. The first-order valence-electron chi connectivity index (χ1n) is 5.27. The number of nitrogens with one attached hydrogen (secondary N) is 2. The van der Waals surface area contributed by atoms with E-state index in [0.717, 1.165) is 6.42 Å². The van der Waals surface area contributed by atoms with Crippen LogP contribution >= 0.6 is 12.4 Å². The largest absolute Gasteiger partial charge is 0.357 e. The van der Waals surface area contributed by atoms with Crippen LogP contribution in [-0.2, 0) is 0 Å². The lowest BCUT2D eigenvalue weighted by molar-refractivity contribution is 0.0929. The molecule has 5 heteroatoms. The number of rotatable bonds is 5. The summed E-state index contributed by atoms with van der Waals surface area (Å²) in [6, 6.07) is 3.61. The van der Waals surface area contributed by atoms with Crippen LogP contribution in [-0.4, -0.2) is 23.5 Å². The van der Waals surface area contributed by atoms with Gasteiger partial charge in [-0.2, -0.15) is 0 Å². The molecular formula is C11H20ClN3O. The van der Waals surface area contributed by atoms with Gasteiger partial charge in [-0.05, 0) is 24.5 Å². The van der Waals surface area contributed by atoms with Crippen LogP contribution in [0.1, 0.15) is 30.8 Å². The molecule has 0 aromatic carbocycles. The molecule has 0 aliphatic rings. The molecule has 1 heterocycles. The fourth-order valence-electron chi connectivity index (χ4n) is 1.52. The Bertz CT molecular complexity index is 298. The average molecular weight is 246 g/mol. The first kappa shape index (κ1) is 15.0. The van der Waals surface area contributed by atoms with E-state index in [-0.39, 0.29) is 24.4 Å². The van der Waals surface area contributed by atoms with Crippen molar-refractivity contribution in [1.82, 2.24) is 10.3 Å². The van der Waals surface area contributed by atoms with Crippen molar-refractivity contribution in [3.8, 4) is 0 Å². The van der Waals surface area contributed by atoms with E-state index in [0.29, 0.717) is 18.2 Å². The Balaban J connectivity index is 0.00000225. The summed E-state index contributed by atoms with van der Waals surface area (Å²) in [6.07, 6.45) is 2.64. The monoisotopic (exact) mass is 245 g/mol. The van der Waals surface area contributed by atoms with Gasteiger partial charge in [0.05, 0.1) is 0 Å². The van der Waals surface area contributed by atoms with Crippen LogP contribution in [0.3, 0.4) is 0 Å². The van der Waals surface area contributed by atoms with Crippen molar-refractivity contribution in [2.24, 2.45) is 11.7 Å². The van der Waals surface area contributed by atoms with Crippen LogP contribution < -0.4 is 11.1 Å². The molecule has 92 valence electrons. The number of carbonyl (C=O) groups excluding carboxylic acids is 1. The number of aromatic nitrogens is 1. The van der Waals surface area contributed by atoms with Crippen molar-refractivity contribution in [3.05, 3.63) is 24.0 Å². The van der Waals surface area contributed by atoms with Gasteiger partial charge in [-0.3, -0.25) is 4.79 Å². The number of H-pyrrole nitrogens is 1. The highest BCUT2D eigenvalue weighted by molar-refractivity contribution is 5.92. The number of hydrogen-bond donors (Lipinski definition) is 3. The molecule has 0 bridgehead atoms. The minimum atomic E-state index is -0.0869. The van der Waals surface area contributed by atoms with Crippen molar-refractivity contribution >= 4 is 18.3 Å². The normalized spacial score (nSPS) is 12.0. The van der Waals surface area contributed by atoms with Crippen LogP contribution in [0.5, 0.6) is 0 Å². The minimum absolute atomic E-state index is 0. The molecule has 0 saturated carbocycles. The number of aromatic amines is 1. The van der Waals surface area contributed by atoms with Gasteiger partial charge in [0.1, 0.15) is 5.69 Å². The van der Waals surface area contributed by atoms with Crippen molar-refractivity contribution < 1.29 is 4.79 Å². The highest BCUT2D eigenvalue weighted by atomic mass is 35.5. The summed E-state index contributed by atoms with van der Waals surface area (Å²) < 4.78 is 0. The van der Waals surface area contributed by atoms with Gasteiger partial charge in [-0.15, -0.1) is 12.4 Å². The van der Waals surface area contributed by atoms with Crippen LogP contribution in [0.25, 0.3) is 0 Å². The van der Waals surface area contributed by atoms with Crippen molar-refractivity contribution in [2.75, 3.05) is 6.54 Å². The predicted molar refractivity (Wildman–Crippen MR) is 67.8 cm³/mol. The highest BCUT2D eigenvalue weighted by Gasteiger charge is 2.13. The lowest BCUT2D eigenvalue weighted by atomic mass is 10.0. The molecule has 1 atom stereocenters. The van der Waals surface area contributed by atoms with Crippen LogP contribution in [0.2, 0.25) is 0 Å². The number of amides is 1. The van der Waals surface area contributed by atoms with Gasteiger partial charge >= 0.3 is 0 Å². The Labute approximate surface area is 102 Å². The van der Waals surface area contributed by atoms with Gasteiger partial charge in [0.15, 0.2) is 0 Å². The average Bonchev–Trinajstić information content (AvgIpc) is 2.68. The van der Waals surface area contributed by atoms with E-state index in [2.05, 4.69) is 24.1 Å². The van der Waals surface area contributed by atoms with Gasteiger partial charge in [-0.1, -0.05) is 13.8 Å². The molecule has 1 unspecified atom stereocenters. The summed E-state index contributed by atoms with van der Waals surface area (Å²) in [4.78, 5) is 14.5. The van der Waals surface area contributed by atoms with E-state index in [9.17, 15) is 4.79 Å². The van der Waals surface area contributed by atoms with E-state index < -0.39 is 0 Å². The van der Waals surface area contributed by atoms with E-state index in [1.165, 1.54) is 0 Å². The minimum Gasteiger partial charge on any atom is -0.357 e. The number of carbonyl (C=O) groups is 1. The molecule has 1 amide bonds. The van der Waals surface area contributed by atoms with Crippen LogP contribution in [0, 0.1) is 5.92 Å². The first-order chi connectivity index (χ1) is 7.13. The van der Waals surface area contributed by atoms with Gasteiger partial charge in [0.2, 0.25) is 0 Å². The topological polar surface area (TPSA) is 70.9 Å². The third-order valence-corrected chi connectivity index (χ3v) is 2.22. The summed E-state index contributed by atoms with van der Waals surface area (Å²) in [7, 11) is 0. The molecule has 0 fully saturated rings. The molecule has 0 saturated heterocycles. The highest BCUT2D eigenvalue weighted by Crippen LogP contribution is 2.04. The standard InChI is InChI=1S/C11H19N3O.ClH/c1-8(2)6-9(7-12)14-11(15)10-4-3-5-13-10;/h3-5,8-9,13H,6-7,12H2,1-2H3,(H,14,15);1H. The fourth-order valence-corrected chi connectivity index (χ4v) is 1.52. The summed E-state index contributed by atoms with van der Waals surface area (Å²) in [5.41, 5.74) is 6.18. The molecule has 1 aromatic rings. The quantitative estimate of drug-likeness (QED) is 0.737. The zero-order valence-corrected chi connectivity index (χ0v) is 10.5. The van der Waals surface area contributed by atoms with Crippen molar-refractivity contribution in [3.63, 3.8) is 0 Å². The third kappa shape index (κ3) is 4.68. The second-order valence-electron chi connectivity index (χ2n) is 4.12. The summed E-state index contributed by atoms with van der Waals surface area (Å²) in [5.74, 6) is 0.443. The zero-order chi connectivity index (χ0) is 11.3. The molecule has 0 aliphatic heterocycles. The summed E-state index contributed by atoms with van der Waals surface area (Å²) in [5, 5.41) is 2.91. The van der Waals surface area contributed by atoms with Crippen molar-refractivity contribution in [1.29, 1.82) is 0 Å². The SMILES string of the molecule is CC(C)CC(CN)NC(=O)c1ccc[nH]1.Cl. The summed E-state index contributed by atoms with van der Waals surface area (Å²) in [6.45, 7) is 4.71. The van der Waals surface area contributed by atoms with Gasteiger partial charge in [-0.25, -0.2) is 0 Å². The fraction of sp³-hybridized carbons (Fsp3) is 0.545. The smallest absolute Gasteiger partial charge is 0.267 e. The molecule has 1 aromatic heterocycles. The Morgan fingerprint density at radius 1 is 1.56 bits per heavy atom. The van der Waals surface area contributed by atoms with E-state index >= 15 is 0 Å². The maximum absolute atomic E-state index is 11.7. The molecule has 0 aliphatic carbocycles. The van der Waals surface area contributed by atoms with Gasteiger partial charge in [0.25, 0.3) is 5.91 Å². The van der Waals surface area contributed by atoms with E-state index in [1.807, 2.05) is 0 Å². The summed E-state index contributed by atoms with van der Waals surface area (Å²) >= 11 is 0. The van der Waals surface area contributed by atoms with Gasteiger partial charge < -0.3 is 16.0 Å². The Morgan fingerprint density at radius 2 is 2.25 bits per heavy atom. The van der Waals surface area contributed by atoms with Crippen LogP contribution in [0.15, 0.2) is 18.3 Å². The second kappa shape index (κ2) is 7.30. The third-order valence-electron chi connectivity index (χ3n) is 2.22. The van der Waals surface area contributed by atoms with E-state index in [4.69, 9.17) is 5.73 Å². The van der Waals surface area contributed by atoms with Crippen molar-refractivity contribution in [2.45, 2.75) is 26.3 Å². The van der Waals surface area contributed by atoms with E-state index in [1.54, 1.807) is 18.3 Å². The number of hydrogen-bond acceptors (Lipinski definition) is 2. The first-order valence-corrected chi connectivity index (χ1v) is 5.27. The Kier molecular flexibility index (Phi) is 6.85. The number of halogens is 1. The molecule has 16 heavy (non-hydrogen) atoms. The second-order valence-corrected chi connectivity index (χ2v) is 4.12. The Morgan fingerprint density at radius 3 is 2.69 bits per heavy atom. The zero-order valence-electron chi connectivity index (χ0n) is 9.69. The maximum Gasteiger partial charge on any atom is 0.267 e. The molecular weight excluding hydrogens is 226 g/mol. The molecule has 0 radical (unpaired) electrons. The number of nitrogens with two attached hydrogens (primary N) is 1. The molecule has 4 nitrogen and oxygen atoms in total. The molecule has 0 spiro atoms. The predicted octanol–water partition coefficient (Wildman–Crippen LogP) is 1.54. The lowest BCUT2D eigenvalue weighted by Crippen LogP contribution is -2.41.